The first-order chi connectivity index (χ1) is 17.2. The molecule has 0 aromatic heterocycles. The highest BCUT2D eigenvalue weighted by Gasteiger charge is 2.43. The molecule has 6 nitrogen and oxygen atoms in total. The average molecular weight is 514 g/mol. The molecule has 3 unspecified atom stereocenters. The molecule has 1 saturated heterocycles. The summed E-state index contributed by atoms with van der Waals surface area (Å²) in [6, 6.07) is 13.5. The Morgan fingerprint density at radius 2 is 1.97 bits per heavy atom. The van der Waals surface area contributed by atoms with Crippen molar-refractivity contribution in [2.45, 2.75) is 76.2 Å². The van der Waals surface area contributed by atoms with Crippen molar-refractivity contribution in [3.63, 3.8) is 0 Å². The fraction of sp³-hybridized carbons (Fsp3) is 0.500. The van der Waals surface area contributed by atoms with E-state index in [0.29, 0.717) is 29.2 Å². The predicted octanol–water partition coefficient (Wildman–Crippen LogP) is 6.03. The minimum atomic E-state index is -0.543. The lowest BCUT2D eigenvalue weighted by atomic mass is 9.97. The van der Waals surface area contributed by atoms with Crippen LogP contribution in [0.5, 0.6) is 5.75 Å². The molecule has 2 fully saturated rings. The summed E-state index contributed by atoms with van der Waals surface area (Å²) in [6.07, 6.45) is 1.57. The predicted molar refractivity (Wildman–Crippen MR) is 137 cm³/mol. The van der Waals surface area contributed by atoms with Crippen LogP contribution in [0.25, 0.3) is 0 Å². The lowest BCUT2D eigenvalue weighted by Gasteiger charge is -2.43. The molecule has 1 aliphatic heterocycles. The quantitative estimate of drug-likeness (QED) is 0.528. The molecule has 0 spiro atoms. The Kier molecular flexibility index (Phi) is 8.07. The molecular formula is C28H33ClFN3O3. The molecule has 1 aliphatic carbocycles. The van der Waals surface area contributed by atoms with Crippen LogP contribution >= 0.6 is 11.6 Å². The number of carbonyl (C=O) groups excluding carboxylic acids is 1. The van der Waals surface area contributed by atoms with E-state index in [4.69, 9.17) is 26.3 Å². The lowest BCUT2D eigenvalue weighted by Crippen LogP contribution is -2.57. The Labute approximate surface area is 217 Å². The molecule has 1 saturated carbocycles. The van der Waals surface area contributed by atoms with Gasteiger partial charge in [-0.2, -0.15) is 5.26 Å². The van der Waals surface area contributed by atoms with Gasteiger partial charge in [-0.1, -0.05) is 23.7 Å². The van der Waals surface area contributed by atoms with E-state index < -0.39 is 17.7 Å². The maximum absolute atomic E-state index is 14.0. The first-order valence-electron chi connectivity index (χ1n) is 12.5. The van der Waals surface area contributed by atoms with Crippen molar-refractivity contribution in [3.8, 4) is 11.8 Å². The molecule has 2 aliphatic rings. The number of hydrogen-bond donors (Lipinski definition) is 1. The van der Waals surface area contributed by atoms with Gasteiger partial charge in [-0.3, -0.25) is 4.90 Å². The number of nitriles is 1. The van der Waals surface area contributed by atoms with Gasteiger partial charge in [-0.05, 0) is 94.8 Å². The van der Waals surface area contributed by atoms with Crippen molar-refractivity contribution in [3.05, 3.63) is 64.4 Å². The fourth-order valence-electron chi connectivity index (χ4n) is 5.28. The first kappa shape index (κ1) is 26.2. The number of nitrogens with one attached hydrogen (secondary N) is 1. The number of ether oxygens (including phenoxy) is 2. The standard InChI is InChI=1S/C28H33ClFN3O3/c1-28(2,3)33(22-8-5-11-32-17-22)27(34)36-26-15-20(19-6-4-7-21(30)13-19)14-25(26)35-24-10-9-18(16-31)12-23(24)29/h4,6-7,9-10,12-13,20,22,25-26,32H,5,8,11,14-15,17H2,1-3H3/t20?,22?,25?,26-/m1/s1. The van der Waals surface area contributed by atoms with Gasteiger partial charge in [0, 0.05) is 18.1 Å². The molecule has 8 heteroatoms. The van der Waals surface area contributed by atoms with Gasteiger partial charge in [0.1, 0.15) is 23.8 Å². The highest BCUT2D eigenvalue weighted by atomic mass is 35.5. The smallest absolute Gasteiger partial charge is 0.410 e. The zero-order chi connectivity index (χ0) is 25.9. The molecule has 36 heavy (non-hydrogen) atoms. The molecule has 2 aromatic rings. The van der Waals surface area contributed by atoms with Crippen molar-refractivity contribution in [1.82, 2.24) is 10.2 Å². The SMILES string of the molecule is CC(C)(C)N(C(=O)O[C@@H]1CC(c2cccc(F)c2)CC1Oc1ccc(C#N)cc1Cl)C1CCCNC1. The Morgan fingerprint density at radius 1 is 1.19 bits per heavy atom. The lowest BCUT2D eigenvalue weighted by molar-refractivity contribution is -0.0131. The topological polar surface area (TPSA) is 74.6 Å². The van der Waals surface area contributed by atoms with E-state index in [1.54, 1.807) is 24.3 Å². The van der Waals surface area contributed by atoms with Gasteiger partial charge in [0.25, 0.3) is 0 Å². The number of halogens is 2. The van der Waals surface area contributed by atoms with Gasteiger partial charge in [-0.15, -0.1) is 0 Å². The minimum Gasteiger partial charge on any atom is -0.485 e. The van der Waals surface area contributed by atoms with E-state index in [-0.39, 0.29) is 23.9 Å². The molecule has 4 rings (SSSR count). The Morgan fingerprint density at radius 3 is 2.61 bits per heavy atom. The zero-order valence-corrected chi connectivity index (χ0v) is 21.7. The third kappa shape index (κ3) is 6.11. The van der Waals surface area contributed by atoms with Crippen LogP contribution < -0.4 is 10.1 Å². The number of benzene rings is 2. The van der Waals surface area contributed by atoms with Gasteiger partial charge >= 0.3 is 6.09 Å². The molecule has 1 amide bonds. The second kappa shape index (κ2) is 11.1. The number of amides is 1. The Balaban J connectivity index is 1.58. The molecule has 192 valence electrons. The van der Waals surface area contributed by atoms with E-state index in [1.807, 2.05) is 31.7 Å². The molecule has 2 aromatic carbocycles. The maximum atomic E-state index is 14.0. The summed E-state index contributed by atoms with van der Waals surface area (Å²) in [5.74, 6) is 0.0788. The van der Waals surface area contributed by atoms with Crippen LogP contribution in [0.1, 0.15) is 63.5 Å². The molecule has 0 bridgehead atoms. The summed E-state index contributed by atoms with van der Waals surface area (Å²) < 4.78 is 26.4. The third-order valence-electron chi connectivity index (χ3n) is 6.92. The molecule has 1 heterocycles. The number of rotatable bonds is 5. The minimum absolute atomic E-state index is 0.0407. The highest BCUT2D eigenvalue weighted by molar-refractivity contribution is 6.32. The molecule has 4 atom stereocenters. The van der Waals surface area contributed by atoms with E-state index in [2.05, 4.69) is 11.4 Å². The number of hydrogen-bond acceptors (Lipinski definition) is 5. The van der Waals surface area contributed by atoms with Gasteiger partial charge < -0.3 is 14.8 Å². The van der Waals surface area contributed by atoms with Crippen molar-refractivity contribution < 1.29 is 18.7 Å². The number of carbonyl (C=O) groups is 1. The second-order valence-electron chi connectivity index (χ2n) is 10.6. The van der Waals surface area contributed by atoms with Crippen LogP contribution in [0.2, 0.25) is 5.02 Å². The van der Waals surface area contributed by atoms with Crippen molar-refractivity contribution in [2.75, 3.05) is 13.1 Å². The summed E-state index contributed by atoms with van der Waals surface area (Å²) in [5.41, 5.74) is 0.854. The summed E-state index contributed by atoms with van der Waals surface area (Å²) in [6.45, 7) is 7.71. The zero-order valence-electron chi connectivity index (χ0n) is 21.0. The van der Waals surface area contributed by atoms with E-state index in [1.165, 1.54) is 12.1 Å². The second-order valence-corrected chi connectivity index (χ2v) is 11.0. The maximum Gasteiger partial charge on any atom is 0.410 e. The summed E-state index contributed by atoms with van der Waals surface area (Å²) in [5, 5.41) is 12.8. The summed E-state index contributed by atoms with van der Waals surface area (Å²) >= 11 is 6.38. The van der Waals surface area contributed by atoms with E-state index >= 15 is 0 Å². The number of piperidine rings is 1. The highest BCUT2D eigenvalue weighted by Crippen LogP contribution is 2.40. The molecule has 0 radical (unpaired) electrons. The Bertz CT molecular complexity index is 1120. The van der Waals surface area contributed by atoms with Crippen LogP contribution in [0.4, 0.5) is 9.18 Å². The van der Waals surface area contributed by atoms with Crippen molar-refractivity contribution in [2.24, 2.45) is 0 Å². The summed E-state index contributed by atoms with van der Waals surface area (Å²) in [4.78, 5) is 15.4. The fourth-order valence-corrected chi connectivity index (χ4v) is 5.51. The van der Waals surface area contributed by atoms with Gasteiger partial charge in [0.15, 0.2) is 0 Å². The van der Waals surface area contributed by atoms with Gasteiger partial charge in [-0.25, -0.2) is 9.18 Å². The van der Waals surface area contributed by atoms with E-state index in [0.717, 1.165) is 31.5 Å². The van der Waals surface area contributed by atoms with Crippen LogP contribution in [-0.4, -0.2) is 47.9 Å². The van der Waals surface area contributed by atoms with Gasteiger partial charge in [0.2, 0.25) is 0 Å². The van der Waals surface area contributed by atoms with Crippen LogP contribution in [0.15, 0.2) is 42.5 Å². The average Bonchev–Trinajstić information content (AvgIpc) is 3.22. The van der Waals surface area contributed by atoms with Crippen LogP contribution in [-0.2, 0) is 4.74 Å². The molecule has 1 N–H and O–H groups in total. The van der Waals surface area contributed by atoms with Crippen molar-refractivity contribution >= 4 is 17.7 Å². The van der Waals surface area contributed by atoms with Crippen LogP contribution in [0.3, 0.4) is 0 Å². The van der Waals surface area contributed by atoms with E-state index in [9.17, 15) is 9.18 Å². The Hall–Kier alpha value is -2.82. The van der Waals surface area contributed by atoms with Crippen molar-refractivity contribution in [1.29, 1.82) is 5.26 Å². The van der Waals surface area contributed by atoms with Gasteiger partial charge in [0.05, 0.1) is 16.7 Å². The summed E-state index contributed by atoms with van der Waals surface area (Å²) in [7, 11) is 0. The molecular weight excluding hydrogens is 481 g/mol. The monoisotopic (exact) mass is 513 g/mol. The largest absolute Gasteiger partial charge is 0.485 e. The number of nitrogens with zero attached hydrogens (tertiary/aromatic N) is 2. The third-order valence-corrected chi connectivity index (χ3v) is 7.21. The van der Waals surface area contributed by atoms with Crippen LogP contribution in [0, 0.1) is 17.1 Å². The first-order valence-corrected chi connectivity index (χ1v) is 12.9. The normalized spacial score (nSPS) is 24.1.